The van der Waals surface area contributed by atoms with Crippen molar-refractivity contribution in [1.29, 1.82) is 0 Å². The molecule has 2 heterocycles. The summed E-state index contributed by atoms with van der Waals surface area (Å²) in [5, 5.41) is 2.60. The molecule has 7 heteroatoms. The Morgan fingerprint density at radius 3 is 2.41 bits per heavy atom. The van der Waals surface area contributed by atoms with Gasteiger partial charge in [-0.2, -0.15) is 0 Å². The van der Waals surface area contributed by atoms with E-state index in [0.717, 1.165) is 4.90 Å². The summed E-state index contributed by atoms with van der Waals surface area (Å²) in [6, 6.07) is -1.47. The maximum Gasteiger partial charge on any atom is 0.325 e. The van der Waals surface area contributed by atoms with Crippen molar-refractivity contribution in [1.82, 2.24) is 10.2 Å². The number of urea groups is 1. The summed E-state index contributed by atoms with van der Waals surface area (Å²) in [7, 11) is -3.09. The molecule has 2 aliphatic rings. The Balaban J connectivity index is 2.18. The molecular formula is C10H16N2O4S. The summed E-state index contributed by atoms with van der Waals surface area (Å²) >= 11 is 0. The topological polar surface area (TPSA) is 83.6 Å². The molecule has 1 N–H and O–H groups in total. The molecule has 2 aliphatic heterocycles. The monoisotopic (exact) mass is 260 g/mol. The summed E-state index contributed by atoms with van der Waals surface area (Å²) in [6.45, 7) is 3.69. The summed E-state index contributed by atoms with van der Waals surface area (Å²) in [5.41, 5.74) is 0. The van der Waals surface area contributed by atoms with Crippen molar-refractivity contribution in [3.8, 4) is 0 Å². The fourth-order valence-corrected chi connectivity index (χ4v) is 3.99. The van der Waals surface area contributed by atoms with Gasteiger partial charge in [-0.1, -0.05) is 13.8 Å². The van der Waals surface area contributed by atoms with Crippen molar-refractivity contribution in [3.05, 3.63) is 0 Å². The zero-order chi connectivity index (χ0) is 12.8. The van der Waals surface area contributed by atoms with Gasteiger partial charge in [0.25, 0.3) is 5.91 Å². The third-order valence-corrected chi connectivity index (χ3v) is 4.99. The largest absolute Gasteiger partial charge is 0.326 e. The van der Waals surface area contributed by atoms with Crippen molar-refractivity contribution in [2.45, 2.75) is 32.4 Å². The number of carbonyl (C=O) groups is 2. The van der Waals surface area contributed by atoms with Crippen molar-refractivity contribution in [2.24, 2.45) is 5.92 Å². The van der Waals surface area contributed by atoms with Crippen LogP contribution in [-0.4, -0.2) is 48.8 Å². The van der Waals surface area contributed by atoms with E-state index in [2.05, 4.69) is 5.32 Å². The number of carbonyl (C=O) groups excluding carboxylic acids is 2. The lowest BCUT2D eigenvalue weighted by Crippen LogP contribution is -2.42. The lowest BCUT2D eigenvalue weighted by atomic mass is 10.0. The number of nitrogens with one attached hydrogen (secondary N) is 1. The van der Waals surface area contributed by atoms with Gasteiger partial charge in [-0.25, -0.2) is 13.2 Å². The molecule has 96 valence electrons. The fraction of sp³-hybridized carbons (Fsp3) is 0.800. The van der Waals surface area contributed by atoms with E-state index < -0.39 is 28.0 Å². The predicted molar refractivity (Wildman–Crippen MR) is 61.1 cm³/mol. The second kappa shape index (κ2) is 3.97. The van der Waals surface area contributed by atoms with E-state index in [0.29, 0.717) is 6.42 Å². The van der Waals surface area contributed by atoms with Crippen molar-refractivity contribution in [3.63, 3.8) is 0 Å². The van der Waals surface area contributed by atoms with E-state index in [9.17, 15) is 18.0 Å². The number of amides is 3. The number of hydrogen-bond acceptors (Lipinski definition) is 4. The molecule has 2 rings (SSSR count). The molecule has 0 aromatic rings. The van der Waals surface area contributed by atoms with E-state index >= 15 is 0 Å². The van der Waals surface area contributed by atoms with Gasteiger partial charge >= 0.3 is 6.03 Å². The number of hydrogen-bond donors (Lipinski definition) is 1. The first-order valence-electron chi connectivity index (χ1n) is 5.66. The predicted octanol–water partition coefficient (Wildman–Crippen LogP) is -0.250. The highest BCUT2D eigenvalue weighted by atomic mass is 32.2. The van der Waals surface area contributed by atoms with Crippen LogP contribution >= 0.6 is 0 Å². The van der Waals surface area contributed by atoms with Gasteiger partial charge in [0.1, 0.15) is 6.04 Å². The van der Waals surface area contributed by atoms with Crippen LogP contribution in [0.15, 0.2) is 0 Å². The molecule has 0 aromatic heterocycles. The standard InChI is InChI=1S/C10H16N2O4S/c1-6(2)8-9(13)12(10(14)11-8)7-3-4-17(15,16)5-7/h6-8H,3-5H2,1-2H3,(H,11,14)/t7-,8+/m1/s1. The summed E-state index contributed by atoms with van der Waals surface area (Å²) in [5.74, 6) is -0.334. The van der Waals surface area contributed by atoms with Gasteiger partial charge in [0.05, 0.1) is 17.5 Å². The molecule has 2 saturated heterocycles. The van der Waals surface area contributed by atoms with Crippen LogP contribution in [0, 0.1) is 5.92 Å². The van der Waals surface area contributed by atoms with Crippen LogP contribution in [0.2, 0.25) is 0 Å². The number of rotatable bonds is 2. The van der Waals surface area contributed by atoms with Crippen LogP contribution in [0.5, 0.6) is 0 Å². The molecule has 0 spiro atoms. The van der Waals surface area contributed by atoms with Crippen LogP contribution in [0.25, 0.3) is 0 Å². The second-order valence-corrected chi connectivity index (χ2v) is 7.16. The first-order chi connectivity index (χ1) is 7.82. The minimum absolute atomic E-state index is 0.00876. The number of nitrogens with zero attached hydrogens (tertiary/aromatic N) is 1. The van der Waals surface area contributed by atoms with E-state index in [-0.39, 0.29) is 23.3 Å². The van der Waals surface area contributed by atoms with Crippen LogP contribution in [-0.2, 0) is 14.6 Å². The molecule has 0 radical (unpaired) electrons. The van der Waals surface area contributed by atoms with Crippen molar-refractivity contribution in [2.75, 3.05) is 11.5 Å². The van der Waals surface area contributed by atoms with E-state index in [1.807, 2.05) is 13.8 Å². The average molecular weight is 260 g/mol. The van der Waals surface area contributed by atoms with Gasteiger partial charge in [0.15, 0.2) is 9.84 Å². The Hall–Kier alpha value is -1.11. The maximum atomic E-state index is 12.0. The normalized spacial score (nSPS) is 32.3. The van der Waals surface area contributed by atoms with Crippen LogP contribution in [0.4, 0.5) is 4.79 Å². The molecule has 0 bridgehead atoms. The molecule has 2 fully saturated rings. The number of sulfone groups is 1. The molecule has 0 saturated carbocycles. The van der Waals surface area contributed by atoms with Gasteiger partial charge in [-0.15, -0.1) is 0 Å². The van der Waals surface area contributed by atoms with Gasteiger partial charge in [0, 0.05) is 0 Å². The van der Waals surface area contributed by atoms with Crippen LogP contribution in [0.3, 0.4) is 0 Å². The molecule has 17 heavy (non-hydrogen) atoms. The first-order valence-corrected chi connectivity index (χ1v) is 7.48. The Kier molecular flexibility index (Phi) is 2.89. The zero-order valence-corrected chi connectivity index (χ0v) is 10.7. The minimum Gasteiger partial charge on any atom is -0.326 e. The van der Waals surface area contributed by atoms with E-state index in [1.54, 1.807) is 0 Å². The Bertz CT molecular complexity index is 457. The fourth-order valence-electron chi connectivity index (χ4n) is 2.29. The van der Waals surface area contributed by atoms with Gasteiger partial charge in [-0.3, -0.25) is 9.69 Å². The first kappa shape index (κ1) is 12.3. The zero-order valence-electron chi connectivity index (χ0n) is 9.84. The second-order valence-electron chi connectivity index (χ2n) is 4.94. The highest BCUT2D eigenvalue weighted by Crippen LogP contribution is 2.23. The quantitative estimate of drug-likeness (QED) is 0.694. The molecular weight excluding hydrogens is 244 g/mol. The Labute approximate surface area is 100 Å². The third-order valence-electron chi connectivity index (χ3n) is 3.24. The smallest absolute Gasteiger partial charge is 0.325 e. The van der Waals surface area contributed by atoms with Crippen LogP contribution < -0.4 is 5.32 Å². The molecule has 6 nitrogen and oxygen atoms in total. The van der Waals surface area contributed by atoms with Gasteiger partial charge < -0.3 is 5.32 Å². The summed E-state index contributed by atoms with van der Waals surface area (Å²) in [6.07, 6.45) is 0.353. The van der Waals surface area contributed by atoms with Crippen molar-refractivity contribution >= 4 is 21.8 Å². The molecule has 3 amide bonds. The Morgan fingerprint density at radius 2 is 2.00 bits per heavy atom. The lowest BCUT2D eigenvalue weighted by Gasteiger charge is -2.19. The number of imide groups is 1. The van der Waals surface area contributed by atoms with Gasteiger partial charge in [-0.05, 0) is 12.3 Å². The lowest BCUT2D eigenvalue weighted by molar-refractivity contribution is -0.129. The SMILES string of the molecule is CC(C)[C@@H]1NC(=O)N([C@@H]2CCS(=O)(=O)C2)C1=O. The van der Waals surface area contributed by atoms with Crippen LogP contribution in [0.1, 0.15) is 20.3 Å². The molecule has 0 unspecified atom stereocenters. The summed E-state index contributed by atoms with van der Waals surface area (Å²) in [4.78, 5) is 24.8. The molecule has 2 atom stereocenters. The summed E-state index contributed by atoms with van der Waals surface area (Å²) < 4.78 is 22.7. The molecule has 0 aliphatic carbocycles. The Morgan fingerprint density at radius 1 is 1.35 bits per heavy atom. The van der Waals surface area contributed by atoms with Crippen molar-refractivity contribution < 1.29 is 18.0 Å². The van der Waals surface area contributed by atoms with E-state index in [4.69, 9.17) is 0 Å². The highest BCUT2D eigenvalue weighted by Gasteiger charge is 2.46. The van der Waals surface area contributed by atoms with Gasteiger partial charge in [0.2, 0.25) is 0 Å². The maximum absolute atomic E-state index is 12.0. The average Bonchev–Trinajstić information content (AvgIpc) is 2.67. The third kappa shape index (κ3) is 2.15. The minimum atomic E-state index is -3.09. The molecule has 0 aromatic carbocycles. The highest BCUT2D eigenvalue weighted by molar-refractivity contribution is 7.91. The van der Waals surface area contributed by atoms with E-state index in [1.165, 1.54) is 0 Å².